The van der Waals surface area contributed by atoms with E-state index in [1.54, 1.807) is 6.07 Å². The average Bonchev–Trinajstić information content (AvgIpc) is 2.86. The summed E-state index contributed by atoms with van der Waals surface area (Å²) in [5.41, 5.74) is 6.25. The maximum absolute atomic E-state index is 11.9. The van der Waals surface area contributed by atoms with Gasteiger partial charge in [0.25, 0.3) is 5.91 Å². The Kier molecular flexibility index (Phi) is 3.46. The Bertz CT molecular complexity index is 372. The van der Waals surface area contributed by atoms with Crippen molar-refractivity contribution in [2.24, 2.45) is 5.92 Å². The van der Waals surface area contributed by atoms with Crippen LogP contribution in [0.2, 0.25) is 0 Å². The standard InChI is InChI=1S/C11H16N2O2S/c1-7(8-2-4-15-6-8)13-11(14)10-9(12)3-5-16-10/h3,5,7-8H,2,4,6,12H2,1H3,(H,13,14). The van der Waals surface area contributed by atoms with E-state index in [1.807, 2.05) is 12.3 Å². The van der Waals surface area contributed by atoms with Crippen molar-refractivity contribution in [2.75, 3.05) is 18.9 Å². The van der Waals surface area contributed by atoms with Gasteiger partial charge in [-0.05, 0) is 24.8 Å². The van der Waals surface area contributed by atoms with Crippen molar-refractivity contribution < 1.29 is 9.53 Å². The number of nitrogen functional groups attached to an aromatic ring is 1. The van der Waals surface area contributed by atoms with Crippen molar-refractivity contribution in [1.82, 2.24) is 5.32 Å². The van der Waals surface area contributed by atoms with Gasteiger partial charge in [-0.1, -0.05) is 0 Å². The fourth-order valence-corrected chi connectivity index (χ4v) is 2.56. The molecule has 2 rings (SSSR count). The summed E-state index contributed by atoms with van der Waals surface area (Å²) in [7, 11) is 0. The van der Waals surface area contributed by atoms with Crippen LogP contribution in [0.5, 0.6) is 0 Å². The van der Waals surface area contributed by atoms with E-state index in [4.69, 9.17) is 10.5 Å². The van der Waals surface area contributed by atoms with Crippen LogP contribution in [0.3, 0.4) is 0 Å². The third-order valence-electron chi connectivity index (χ3n) is 2.93. The molecule has 3 N–H and O–H groups in total. The fourth-order valence-electron chi connectivity index (χ4n) is 1.84. The maximum atomic E-state index is 11.9. The van der Waals surface area contributed by atoms with Gasteiger partial charge in [0.15, 0.2) is 0 Å². The number of thiophene rings is 1. The number of hydrogen-bond donors (Lipinski definition) is 2. The molecule has 4 nitrogen and oxygen atoms in total. The van der Waals surface area contributed by atoms with Crippen LogP contribution in [-0.4, -0.2) is 25.2 Å². The number of carbonyl (C=O) groups excluding carboxylic acids is 1. The van der Waals surface area contributed by atoms with Gasteiger partial charge in [0.05, 0.1) is 12.3 Å². The molecule has 1 aromatic rings. The van der Waals surface area contributed by atoms with Crippen molar-refractivity contribution in [1.29, 1.82) is 0 Å². The lowest BCUT2D eigenvalue weighted by molar-refractivity contribution is 0.0927. The molecule has 5 heteroatoms. The summed E-state index contributed by atoms with van der Waals surface area (Å²) in [6, 6.07) is 1.89. The summed E-state index contributed by atoms with van der Waals surface area (Å²) in [5, 5.41) is 4.80. The van der Waals surface area contributed by atoms with Crippen LogP contribution in [0.25, 0.3) is 0 Å². The van der Waals surface area contributed by atoms with Gasteiger partial charge in [0.1, 0.15) is 4.88 Å². The third-order valence-corrected chi connectivity index (χ3v) is 3.86. The first-order chi connectivity index (χ1) is 7.68. The fraction of sp³-hybridized carbons (Fsp3) is 0.545. The van der Waals surface area contributed by atoms with Crippen molar-refractivity contribution in [3.63, 3.8) is 0 Å². The first-order valence-corrected chi connectivity index (χ1v) is 6.28. The molecule has 0 aliphatic carbocycles. The number of carbonyl (C=O) groups is 1. The van der Waals surface area contributed by atoms with Crippen LogP contribution < -0.4 is 11.1 Å². The molecule has 0 bridgehead atoms. The van der Waals surface area contributed by atoms with E-state index in [1.165, 1.54) is 11.3 Å². The zero-order valence-electron chi connectivity index (χ0n) is 9.23. The molecular weight excluding hydrogens is 224 g/mol. The van der Waals surface area contributed by atoms with Crippen molar-refractivity contribution in [2.45, 2.75) is 19.4 Å². The van der Waals surface area contributed by atoms with E-state index in [2.05, 4.69) is 5.32 Å². The third kappa shape index (κ3) is 2.36. The van der Waals surface area contributed by atoms with E-state index in [0.29, 0.717) is 16.5 Å². The molecule has 1 aliphatic heterocycles. The topological polar surface area (TPSA) is 64.4 Å². The van der Waals surface area contributed by atoms with Crippen molar-refractivity contribution in [3.05, 3.63) is 16.3 Å². The van der Waals surface area contributed by atoms with E-state index >= 15 is 0 Å². The van der Waals surface area contributed by atoms with Gasteiger partial charge in [0, 0.05) is 18.6 Å². The highest BCUT2D eigenvalue weighted by atomic mass is 32.1. The molecule has 16 heavy (non-hydrogen) atoms. The molecule has 0 saturated carbocycles. The number of nitrogens with one attached hydrogen (secondary N) is 1. The van der Waals surface area contributed by atoms with Gasteiger partial charge in [-0.25, -0.2) is 0 Å². The first-order valence-electron chi connectivity index (χ1n) is 5.40. The first kappa shape index (κ1) is 11.4. The number of amides is 1. The van der Waals surface area contributed by atoms with Crippen LogP contribution in [0, 0.1) is 5.92 Å². The Morgan fingerprint density at radius 1 is 1.75 bits per heavy atom. The monoisotopic (exact) mass is 240 g/mol. The quantitative estimate of drug-likeness (QED) is 0.841. The molecule has 2 atom stereocenters. The van der Waals surface area contributed by atoms with Gasteiger partial charge in [-0.2, -0.15) is 0 Å². The van der Waals surface area contributed by atoms with E-state index < -0.39 is 0 Å². The smallest absolute Gasteiger partial charge is 0.263 e. The van der Waals surface area contributed by atoms with E-state index in [-0.39, 0.29) is 11.9 Å². The molecule has 0 aromatic carbocycles. The van der Waals surface area contributed by atoms with Gasteiger partial charge in [0.2, 0.25) is 0 Å². The van der Waals surface area contributed by atoms with Gasteiger partial charge in [-0.15, -0.1) is 11.3 Å². The summed E-state index contributed by atoms with van der Waals surface area (Å²) < 4.78 is 5.30. The lowest BCUT2D eigenvalue weighted by Crippen LogP contribution is -2.38. The number of anilines is 1. The Hall–Kier alpha value is -1.07. The second-order valence-corrected chi connectivity index (χ2v) is 5.01. The lowest BCUT2D eigenvalue weighted by Gasteiger charge is -2.18. The largest absolute Gasteiger partial charge is 0.397 e. The molecule has 2 heterocycles. The minimum absolute atomic E-state index is 0.0769. The predicted molar refractivity (Wildman–Crippen MR) is 64.6 cm³/mol. The second-order valence-electron chi connectivity index (χ2n) is 4.09. The average molecular weight is 240 g/mol. The summed E-state index contributed by atoms with van der Waals surface area (Å²) in [4.78, 5) is 12.5. The highest BCUT2D eigenvalue weighted by Crippen LogP contribution is 2.20. The zero-order valence-corrected chi connectivity index (χ0v) is 10.0. The van der Waals surface area contributed by atoms with Crippen LogP contribution in [-0.2, 0) is 4.74 Å². The van der Waals surface area contributed by atoms with Crippen LogP contribution in [0.1, 0.15) is 23.0 Å². The normalized spacial score (nSPS) is 21.9. The summed E-state index contributed by atoms with van der Waals surface area (Å²) in [6.45, 7) is 3.55. The number of rotatable bonds is 3. The van der Waals surface area contributed by atoms with E-state index in [9.17, 15) is 4.79 Å². The number of hydrogen-bond acceptors (Lipinski definition) is 4. The Balaban J connectivity index is 1.94. The van der Waals surface area contributed by atoms with E-state index in [0.717, 1.165) is 19.6 Å². The molecule has 0 spiro atoms. The molecule has 88 valence electrons. The predicted octanol–water partition coefficient (Wildman–Crippen LogP) is 1.49. The molecule has 1 saturated heterocycles. The number of nitrogens with two attached hydrogens (primary N) is 1. The molecule has 1 amide bonds. The molecule has 1 aliphatic rings. The van der Waals surface area contributed by atoms with Gasteiger partial charge < -0.3 is 15.8 Å². The number of ether oxygens (including phenoxy) is 1. The van der Waals surface area contributed by atoms with Gasteiger partial charge >= 0.3 is 0 Å². The SMILES string of the molecule is CC(NC(=O)c1sccc1N)C1CCOC1. The molecule has 2 unspecified atom stereocenters. The van der Waals surface area contributed by atoms with Crippen molar-refractivity contribution in [3.8, 4) is 0 Å². The Morgan fingerprint density at radius 3 is 3.12 bits per heavy atom. The minimum atomic E-state index is -0.0769. The molecular formula is C11H16N2O2S. The summed E-state index contributed by atoms with van der Waals surface area (Å²) in [6.07, 6.45) is 1.02. The summed E-state index contributed by atoms with van der Waals surface area (Å²) >= 11 is 1.37. The minimum Gasteiger partial charge on any atom is -0.397 e. The zero-order chi connectivity index (χ0) is 11.5. The maximum Gasteiger partial charge on any atom is 0.263 e. The van der Waals surface area contributed by atoms with Crippen LogP contribution in [0.4, 0.5) is 5.69 Å². The molecule has 0 radical (unpaired) electrons. The van der Waals surface area contributed by atoms with Crippen molar-refractivity contribution >= 4 is 22.9 Å². The second kappa shape index (κ2) is 4.84. The van der Waals surface area contributed by atoms with Crippen LogP contribution in [0.15, 0.2) is 11.4 Å². The Labute approximate surface area is 98.8 Å². The molecule has 1 aromatic heterocycles. The molecule has 1 fully saturated rings. The summed E-state index contributed by atoms with van der Waals surface area (Å²) in [5.74, 6) is 0.344. The highest BCUT2D eigenvalue weighted by Gasteiger charge is 2.24. The van der Waals surface area contributed by atoms with Gasteiger partial charge in [-0.3, -0.25) is 4.79 Å². The van der Waals surface area contributed by atoms with Crippen LogP contribution >= 0.6 is 11.3 Å². The Morgan fingerprint density at radius 2 is 2.56 bits per heavy atom. The highest BCUT2D eigenvalue weighted by molar-refractivity contribution is 7.12. The lowest BCUT2D eigenvalue weighted by atomic mass is 10.0.